The third kappa shape index (κ3) is 5.81. The number of aliphatic carboxylic acids is 1. The van der Waals surface area contributed by atoms with Crippen molar-refractivity contribution in [3.05, 3.63) is 58.8 Å². The molecule has 0 bridgehead atoms. The van der Waals surface area contributed by atoms with E-state index in [9.17, 15) is 27.9 Å². The lowest BCUT2D eigenvalue weighted by atomic mass is 9.73. The van der Waals surface area contributed by atoms with Gasteiger partial charge in [0.15, 0.2) is 0 Å². The van der Waals surface area contributed by atoms with Crippen molar-refractivity contribution < 1.29 is 42.1 Å². The highest BCUT2D eigenvalue weighted by molar-refractivity contribution is 5.88. The van der Waals surface area contributed by atoms with Gasteiger partial charge in [0.1, 0.15) is 12.1 Å². The Morgan fingerprint density at radius 2 is 1.90 bits per heavy atom. The van der Waals surface area contributed by atoms with Gasteiger partial charge >= 0.3 is 12.1 Å². The van der Waals surface area contributed by atoms with Gasteiger partial charge in [-0.25, -0.2) is 9.78 Å². The molecule has 11 heteroatoms. The van der Waals surface area contributed by atoms with Crippen molar-refractivity contribution in [2.75, 3.05) is 13.7 Å². The van der Waals surface area contributed by atoms with E-state index in [1.54, 1.807) is 6.07 Å². The number of halogens is 3. The van der Waals surface area contributed by atoms with Crippen LogP contribution in [-0.4, -0.2) is 58.8 Å². The maximum absolute atomic E-state index is 13.9. The van der Waals surface area contributed by atoms with Crippen molar-refractivity contribution >= 4 is 11.9 Å². The van der Waals surface area contributed by atoms with Gasteiger partial charge in [0, 0.05) is 24.3 Å². The Bertz CT molecular complexity index is 1240. The number of carboxylic acid groups (broad SMARTS) is 1. The molecule has 2 aliphatic heterocycles. The number of nitrogens with zero attached hydrogens (tertiary/aromatic N) is 2. The summed E-state index contributed by atoms with van der Waals surface area (Å²) >= 11 is 0. The summed E-state index contributed by atoms with van der Waals surface area (Å²) < 4.78 is 57.7. The number of alkyl halides is 3. The van der Waals surface area contributed by atoms with Gasteiger partial charge in [-0.3, -0.25) is 4.79 Å². The molecule has 3 heterocycles. The van der Waals surface area contributed by atoms with Gasteiger partial charge in [-0.2, -0.15) is 13.2 Å². The molecule has 0 radical (unpaired) electrons. The zero-order valence-electron chi connectivity index (χ0n) is 23.2. The molecule has 0 aliphatic carbocycles. The van der Waals surface area contributed by atoms with E-state index in [4.69, 9.17) is 14.2 Å². The summed E-state index contributed by atoms with van der Waals surface area (Å²) in [7, 11) is 1.30. The molecule has 218 valence electrons. The summed E-state index contributed by atoms with van der Waals surface area (Å²) in [5, 5.41) is 10.5. The molecule has 0 unspecified atom stereocenters. The maximum atomic E-state index is 13.9. The average Bonchev–Trinajstić information content (AvgIpc) is 3.53. The summed E-state index contributed by atoms with van der Waals surface area (Å²) in [5.74, 6) is -2.37. The third-order valence-corrected chi connectivity index (χ3v) is 7.70. The van der Waals surface area contributed by atoms with E-state index < -0.39 is 59.2 Å². The SMILES string of the molecule is COc1ncc(C(F)(F)F)cc1CO[C@H]1[C@H](C(C)(C)C)[C@@H](C(=O)O)N(C(=O)[C@@H]2CCCO2)[C@H]1c1ccccc1C. The number of methoxy groups -OCH3 is 1. The second-order valence-electron chi connectivity index (χ2n) is 11.4. The molecular weight excluding hydrogens is 529 g/mol. The van der Waals surface area contributed by atoms with Crippen molar-refractivity contribution in [1.82, 2.24) is 9.88 Å². The van der Waals surface area contributed by atoms with Crippen LogP contribution in [0.5, 0.6) is 5.88 Å². The minimum Gasteiger partial charge on any atom is -0.481 e. The lowest BCUT2D eigenvalue weighted by Gasteiger charge is -2.35. The predicted molar refractivity (Wildman–Crippen MR) is 138 cm³/mol. The average molecular weight is 565 g/mol. The fourth-order valence-corrected chi connectivity index (χ4v) is 5.90. The summed E-state index contributed by atoms with van der Waals surface area (Å²) in [6, 6.07) is 6.16. The van der Waals surface area contributed by atoms with Gasteiger partial charge in [0.05, 0.1) is 31.4 Å². The quantitative estimate of drug-likeness (QED) is 0.495. The molecule has 2 fully saturated rings. The van der Waals surface area contributed by atoms with Crippen LogP contribution in [0, 0.1) is 18.3 Å². The van der Waals surface area contributed by atoms with Gasteiger partial charge in [-0.05, 0) is 42.4 Å². The van der Waals surface area contributed by atoms with Gasteiger partial charge in [0.2, 0.25) is 5.88 Å². The molecule has 2 saturated heterocycles. The first-order valence-electron chi connectivity index (χ1n) is 13.2. The van der Waals surface area contributed by atoms with Gasteiger partial charge in [-0.15, -0.1) is 0 Å². The smallest absolute Gasteiger partial charge is 0.417 e. The Hall–Kier alpha value is -3.18. The van der Waals surface area contributed by atoms with Gasteiger partial charge in [-0.1, -0.05) is 45.0 Å². The number of carbonyl (C=O) groups excluding carboxylic acids is 1. The van der Waals surface area contributed by atoms with Crippen molar-refractivity contribution in [3.63, 3.8) is 0 Å². The number of hydrogen-bond donors (Lipinski definition) is 1. The zero-order valence-corrected chi connectivity index (χ0v) is 23.2. The van der Waals surface area contributed by atoms with Crippen LogP contribution in [0.25, 0.3) is 0 Å². The fourth-order valence-electron chi connectivity index (χ4n) is 5.90. The number of carboxylic acids is 1. The van der Waals surface area contributed by atoms with E-state index in [1.807, 2.05) is 45.9 Å². The standard InChI is InChI=1S/C29H35F3N2O6/c1-16-9-6-7-10-19(16)22-24(40-15-17-13-18(29(30,31)32)14-33-25(17)38-5)21(28(2,3)4)23(27(36)37)34(22)26(35)20-11-8-12-39-20/h6-7,9-10,13-14,20-24H,8,11-12,15H2,1-5H3,(H,36,37)/t20-,21+,22-,23-,24-/m0/s1. The number of rotatable bonds is 7. The molecule has 1 amide bonds. The number of hydrogen-bond acceptors (Lipinski definition) is 6. The van der Waals surface area contributed by atoms with Crippen LogP contribution < -0.4 is 4.74 Å². The van der Waals surface area contributed by atoms with Crippen LogP contribution in [0.4, 0.5) is 13.2 Å². The highest BCUT2D eigenvalue weighted by atomic mass is 19.4. The van der Waals surface area contributed by atoms with Crippen LogP contribution >= 0.6 is 0 Å². The van der Waals surface area contributed by atoms with E-state index in [0.29, 0.717) is 31.2 Å². The summed E-state index contributed by atoms with van der Waals surface area (Å²) in [6.07, 6.45) is -4.44. The van der Waals surface area contributed by atoms with Crippen LogP contribution in [-0.2, 0) is 31.8 Å². The van der Waals surface area contributed by atoms with E-state index in [0.717, 1.165) is 11.6 Å². The van der Waals surface area contributed by atoms with Crippen molar-refractivity contribution in [1.29, 1.82) is 0 Å². The van der Waals surface area contributed by atoms with Gasteiger partial charge in [0.25, 0.3) is 5.91 Å². The summed E-state index contributed by atoms with van der Waals surface area (Å²) in [4.78, 5) is 32.0. The van der Waals surface area contributed by atoms with Gasteiger partial charge < -0.3 is 24.2 Å². The maximum Gasteiger partial charge on any atom is 0.417 e. The van der Waals surface area contributed by atoms with E-state index in [2.05, 4.69) is 4.98 Å². The van der Waals surface area contributed by atoms with E-state index in [-0.39, 0.29) is 18.1 Å². The third-order valence-electron chi connectivity index (χ3n) is 7.70. The molecule has 0 spiro atoms. The number of likely N-dealkylation sites (tertiary alicyclic amines) is 1. The molecule has 1 aromatic heterocycles. The Kier molecular flexibility index (Phi) is 8.46. The van der Waals surface area contributed by atoms with Crippen molar-refractivity contribution in [2.24, 2.45) is 11.3 Å². The fraction of sp³-hybridized carbons (Fsp3) is 0.552. The first kappa shape index (κ1) is 29.8. The van der Waals surface area contributed by atoms with Crippen LogP contribution in [0.3, 0.4) is 0 Å². The number of carbonyl (C=O) groups is 2. The van der Waals surface area contributed by atoms with E-state index >= 15 is 0 Å². The first-order valence-corrected chi connectivity index (χ1v) is 13.2. The van der Waals surface area contributed by atoms with Crippen LogP contribution in [0.15, 0.2) is 36.5 Å². The largest absolute Gasteiger partial charge is 0.481 e. The van der Waals surface area contributed by atoms with Crippen LogP contribution in [0.2, 0.25) is 0 Å². The van der Waals surface area contributed by atoms with E-state index in [1.165, 1.54) is 12.0 Å². The van der Waals surface area contributed by atoms with Crippen LogP contribution in [0.1, 0.15) is 61.9 Å². The first-order chi connectivity index (χ1) is 18.8. The van der Waals surface area contributed by atoms with Crippen molar-refractivity contribution in [2.45, 2.75) is 77.6 Å². The number of amides is 1. The molecule has 0 saturated carbocycles. The molecule has 2 aliphatic rings. The Labute approximate surface area is 231 Å². The highest BCUT2D eigenvalue weighted by Crippen LogP contribution is 2.51. The zero-order chi connectivity index (χ0) is 29.4. The number of aryl methyl sites for hydroxylation is 1. The Morgan fingerprint density at radius 1 is 1.20 bits per heavy atom. The summed E-state index contributed by atoms with van der Waals surface area (Å²) in [6.45, 7) is 7.53. The second-order valence-corrected chi connectivity index (χ2v) is 11.4. The molecule has 2 aromatic rings. The molecular formula is C29H35F3N2O6. The molecule has 5 atom stereocenters. The minimum absolute atomic E-state index is 0.0344. The molecule has 8 nitrogen and oxygen atoms in total. The number of pyridine rings is 1. The lowest BCUT2D eigenvalue weighted by Crippen LogP contribution is -2.50. The molecule has 1 N–H and O–H groups in total. The normalized spacial score (nSPS) is 25.3. The highest BCUT2D eigenvalue weighted by Gasteiger charge is 2.59. The molecule has 40 heavy (non-hydrogen) atoms. The van der Waals surface area contributed by atoms with Crippen molar-refractivity contribution in [3.8, 4) is 5.88 Å². The Balaban J connectivity index is 1.84. The number of benzene rings is 1. The monoisotopic (exact) mass is 564 g/mol. The lowest BCUT2D eigenvalue weighted by molar-refractivity contribution is -0.156. The number of aromatic nitrogens is 1. The second kappa shape index (κ2) is 11.4. The summed E-state index contributed by atoms with van der Waals surface area (Å²) in [5.41, 5.74) is -0.0469. The molecule has 4 rings (SSSR count). The topological polar surface area (TPSA) is 98.2 Å². The Morgan fingerprint density at radius 3 is 2.45 bits per heavy atom. The molecule has 1 aromatic carbocycles. The minimum atomic E-state index is -4.63. The number of ether oxygens (including phenoxy) is 3. The predicted octanol–water partition coefficient (Wildman–Crippen LogP) is 5.18.